The molecule has 104 valence electrons. The Morgan fingerprint density at radius 3 is 3.00 bits per heavy atom. The minimum atomic E-state index is 0.269. The van der Waals surface area contributed by atoms with Crippen LogP contribution >= 0.6 is 23.1 Å². The third-order valence-electron chi connectivity index (χ3n) is 3.94. The summed E-state index contributed by atoms with van der Waals surface area (Å²) in [5.41, 5.74) is 0. The highest BCUT2D eigenvalue weighted by molar-refractivity contribution is 8.13. The second kappa shape index (κ2) is 5.83. The Balaban J connectivity index is 1.65. The zero-order valence-corrected chi connectivity index (χ0v) is 13.2. The Morgan fingerprint density at radius 2 is 2.21 bits per heavy atom. The van der Waals surface area contributed by atoms with Crippen LogP contribution in [-0.4, -0.2) is 21.9 Å². The van der Waals surface area contributed by atoms with Crippen molar-refractivity contribution in [2.75, 3.05) is 5.75 Å². The third kappa shape index (κ3) is 3.14. The van der Waals surface area contributed by atoms with E-state index in [1.54, 1.807) is 11.3 Å². The first-order chi connectivity index (χ1) is 9.22. The first-order valence-corrected chi connectivity index (χ1v) is 8.92. The van der Waals surface area contributed by atoms with Gasteiger partial charge in [-0.05, 0) is 32.6 Å². The van der Waals surface area contributed by atoms with E-state index >= 15 is 0 Å². The maximum atomic E-state index is 4.92. The molecule has 19 heavy (non-hydrogen) atoms. The Hall–Kier alpha value is -0.550. The number of amidine groups is 1. The van der Waals surface area contributed by atoms with Gasteiger partial charge in [0, 0.05) is 16.8 Å². The van der Waals surface area contributed by atoms with E-state index < -0.39 is 0 Å². The monoisotopic (exact) mass is 295 g/mol. The molecule has 1 aliphatic heterocycles. The smallest absolute Gasteiger partial charge is 0.157 e. The Bertz CT molecular complexity index is 469. The maximum absolute atomic E-state index is 4.92. The van der Waals surface area contributed by atoms with Gasteiger partial charge in [0.25, 0.3) is 0 Å². The molecule has 1 N–H and O–H groups in total. The number of fused-ring (bicyclic) bond motifs is 1. The number of aryl methyl sites for hydroxylation is 1. The molecule has 0 radical (unpaired) electrons. The van der Waals surface area contributed by atoms with Gasteiger partial charge in [-0.15, -0.1) is 11.3 Å². The lowest BCUT2D eigenvalue weighted by Gasteiger charge is -2.33. The highest BCUT2D eigenvalue weighted by atomic mass is 32.2. The predicted octanol–water partition coefficient (Wildman–Crippen LogP) is 3.76. The Morgan fingerprint density at radius 1 is 1.37 bits per heavy atom. The van der Waals surface area contributed by atoms with Crippen LogP contribution in [-0.2, 0) is 0 Å². The fourth-order valence-corrected chi connectivity index (χ4v) is 4.83. The average molecular weight is 295 g/mol. The summed E-state index contributed by atoms with van der Waals surface area (Å²) in [5, 5.41) is 5.83. The topological polar surface area (TPSA) is 37.3 Å². The lowest BCUT2D eigenvalue weighted by molar-refractivity contribution is 0.335. The molecule has 1 fully saturated rings. The molecule has 3 rings (SSSR count). The molecule has 0 aromatic carbocycles. The third-order valence-corrected chi connectivity index (χ3v) is 6.12. The fraction of sp³-hybridized carbons (Fsp3) is 0.714. The molecule has 1 saturated carbocycles. The minimum absolute atomic E-state index is 0.269. The summed E-state index contributed by atoms with van der Waals surface area (Å²) in [7, 11) is 0. The molecule has 3 nitrogen and oxygen atoms in total. The van der Waals surface area contributed by atoms with Crippen molar-refractivity contribution in [2.24, 2.45) is 10.9 Å². The van der Waals surface area contributed by atoms with Crippen molar-refractivity contribution < 1.29 is 0 Å². The van der Waals surface area contributed by atoms with E-state index in [2.05, 4.69) is 24.1 Å². The molecule has 5 heteroatoms. The van der Waals surface area contributed by atoms with Crippen LogP contribution in [0.2, 0.25) is 0 Å². The van der Waals surface area contributed by atoms with Gasteiger partial charge in [-0.3, -0.25) is 4.99 Å². The lowest BCUT2D eigenvalue weighted by Crippen LogP contribution is -2.35. The van der Waals surface area contributed by atoms with E-state index in [0.29, 0.717) is 6.04 Å². The van der Waals surface area contributed by atoms with Crippen LogP contribution in [0.1, 0.15) is 48.5 Å². The van der Waals surface area contributed by atoms with Gasteiger partial charge in [-0.25, -0.2) is 4.98 Å². The first-order valence-electron chi connectivity index (χ1n) is 7.12. The summed E-state index contributed by atoms with van der Waals surface area (Å²) in [6.45, 7) is 4.28. The SMILES string of the molecule is Cc1cnc(C(C)NC2=NC3CCCCC3CS2)s1. The summed E-state index contributed by atoms with van der Waals surface area (Å²) >= 11 is 3.66. The van der Waals surface area contributed by atoms with Gasteiger partial charge < -0.3 is 5.32 Å². The zero-order valence-electron chi connectivity index (χ0n) is 11.6. The van der Waals surface area contributed by atoms with Crippen molar-refractivity contribution in [1.82, 2.24) is 10.3 Å². The molecule has 0 saturated heterocycles. The van der Waals surface area contributed by atoms with Gasteiger partial charge in [0.1, 0.15) is 5.01 Å². The number of thioether (sulfide) groups is 1. The number of hydrogen-bond acceptors (Lipinski definition) is 5. The van der Waals surface area contributed by atoms with Crippen molar-refractivity contribution in [2.45, 2.75) is 51.6 Å². The van der Waals surface area contributed by atoms with Crippen molar-refractivity contribution in [1.29, 1.82) is 0 Å². The highest BCUT2D eigenvalue weighted by Gasteiger charge is 2.29. The van der Waals surface area contributed by atoms with Crippen molar-refractivity contribution in [3.8, 4) is 0 Å². The second-order valence-electron chi connectivity index (χ2n) is 5.53. The molecule has 2 heterocycles. The second-order valence-corrected chi connectivity index (χ2v) is 7.81. The van der Waals surface area contributed by atoms with Crippen LogP contribution in [0.4, 0.5) is 0 Å². The molecule has 1 aromatic heterocycles. The standard InChI is InChI=1S/C14H21N3S2/c1-9-7-15-13(19-9)10(2)16-14-17-12-6-4-3-5-11(12)8-18-14/h7,10-12H,3-6,8H2,1-2H3,(H,16,17). The number of nitrogens with one attached hydrogen (secondary N) is 1. The molecule has 1 aromatic rings. The van der Waals surface area contributed by atoms with Crippen LogP contribution in [0.5, 0.6) is 0 Å². The number of rotatable bonds is 2. The minimum Gasteiger partial charge on any atom is -0.356 e. The van der Waals surface area contributed by atoms with E-state index in [0.717, 1.165) is 16.1 Å². The fourth-order valence-electron chi connectivity index (χ4n) is 2.82. The average Bonchev–Trinajstić information content (AvgIpc) is 2.85. The van der Waals surface area contributed by atoms with Gasteiger partial charge in [0.15, 0.2) is 5.17 Å². The number of aromatic nitrogens is 1. The van der Waals surface area contributed by atoms with Crippen LogP contribution < -0.4 is 5.32 Å². The van der Waals surface area contributed by atoms with Crippen molar-refractivity contribution in [3.63, 3.8) is 0 Å². The van der Waals surface area contributed by atoms with Gasteiger partial charge in [0.2, 0.25) is 0 Å². The molecule has 1 aliphatic carbocycles. The van der Waals surface area contributed by atoms with E-state index in [-0.39, 0.29) is 6.04 Å². The summed E-state index contributed by atoms with van der Waals surface area (Å²) in [5.74, 6) is 2.06. The normalized spacial score (nSPS) is 28.4. The number of thiazole rings is 1. The molecule has 3 unspecified atom stereocenters. The van der Waals surface area contributed by atoms with Crippen LogP contribution in [0.3, 0.4) is 0 Å². The predicted molar refractivity (Wildman–Crippen MR) is 84.0 cm³/mol. The largest absolute Gasteiger partial charge is 0.356 e. The van der Waals surface area contributed by atoms with E-state index in [1.165, 1.54) is 36.3 Å². The van der Waals surface area contributed by atoms with Gasteiger partial charge in [-0.2, -0.15) is 0 Å². The van der Waals surface area contributed by atoms with Gasteiger partial charge >= 0.3 is 0 Å². The van der Waals surface area contributed by atoms with Crippen LogP contribution in [0.15, 0.2) is 11.2 Å². The van der Waals surface area contributed by atoms with Crippen LogP contribution in [0.25, 0.3) is 0 Å². The molecule has 0 bridgehead atoms. The van der Waals surface area contributed by atoms with Crippen LogP contribution in [0, 0.1) is 12.8 Å². The molecular formula is C14H21N3S2. The maximum Gasteiger partial charge on any atom is 0.157 e. The highest BCUT2D eigenvalue weighted by Crippen LogP contribution is 2.34. The van der Waals surface area contributed by atoms with E-state index in [4.69, 9.17) is 4.99 Å². The number of hydrogen-bond donors (Lipinski definition) is 1. The molecular weight excluding hydrogens is 274 g/mol. The first kappa shape index (κ1) is 13.4. The molecule has 3 atom stereocenters. The zero-order chi connectivity index (χ0) is 13.2. The van der Waals surface area contributed by atoms with Crippen molar-refractivity contribution in [3.05, 3.63) is 16.1 Å². The molecule has 0 amide bonds. The summed E-state index contributed by atoms with van der Waals surface area (Å²) < 4.78 is 0. The summed E-state index contributed by atoms with van der Waals surface area (Å²) in [6, 6.07) is 0.841. The van der Waals surface area contributed by atoms with Crippen molar-refractivity contribution >= 4 is 28.3 Å². The van der Waals surface area contributed by atoms with Gasteiger partial charge in [0.05, 0.1) is 12.1 Å². The van der Waals surface area contributed by atoms with E-state index in [1.807, 2.05) is 18.0 Å². The Labute approximate surface area is 123 Å². The number of nitrogens with zero attached hydrogens (tertiary/aromatic N) is 2. The lowest BCUT2D eigenvalue weighted by atomic mass is 9.86. The molecule has 2 aliphatic rings. The number of aliphatic imine (C=N–C) groups is 1. The molecule has 0 spiro atoms. The van der Waals surface area contributed by atoms with Gasteiger partial charge in [-0.1, -0.05) is 24.6 Å². The summed E-state index contributed by atoms with van der Waals surface area (Å²) in [4.78, 5) is 10.6. The Kier molecular flexibility index (Phi) is 4.12. The summed E-state index contributed by atoms with van der Waals surface area (Å²) in [6.07, 6.45) is 7.35. The van der Waals surface area contributed by atoms with E-state index in [9.17, 15) is 0 Å². The quantitative estimate of drug-likeness (QED) is 0.902.